The predicted octanol–water partition coefficient (Wildman–Crippen LogP) is 3.92. The number of halogens is 1. The summed E-state index contributed by atoms with van der Waals surface area (Å²) >= 11 is 1.66. The standard InChI is InChI=1S/C19H18FN5S/c1-11-6-15-17(26-11)8-22-18(23-15)13-7-14(20)19-24-16(10-25(19)9-13)12-2-4-21-5-3-12/h6-10,12,21H,2-5H2,1H3. The van der Waals surface area contributed by atoms with E-state index >= 15 is 0 Å². The number of hydrogen-bond donors (Lipinski definition) is 1. The van der Waals surface area contributed by atoms with Crippen LogP contribution < -0.4 is 5.32 Å². The summed E-state index contributed by atoms with van der Waals surface area (Å²) in [6, 6.07) is 3.52. The second-order valence-electron chi connectivity index (χ2n) is 6.80. The van der Waals surface area contributed by atoms with Crippen molar-refractivity contribution in [2.24, 2.45) is 0 Å². The number of hydrogen-bond acceptors (Lipinski definition) is 5. The van der Waals surface area contributed by atoms with E-state index in [1.54, 1.807) is 15.7 Å². The lowest BCUT2D eigenvalue weighted by Crippen LogP contribution is -2.26. The van der Waals surface area contributed by atoms with Crippen molar-refractivity contribution in [2.45, 2.75) is 25.7 Å². The highest BCUT2D eigenvalue weighted by atomic mass is 32.1. The largest absolute Gasteiger partial charge is 0.317 e. The topological polar surface area (TPSA) is 55.1 Å². The number of thiophene rings is 1. The second kappa shape index (κ2) is 6.10. The van der Waals surface area contributed by atoms with Crippen molar-refractivity contribution in [3.05, 3.63) is 47.1 Å². The van der Waals surface area contributed by atoms with Crippen LogP contribution in [0.2, 0.25) is 0 Å². The summed E-state index contributed by atoms with van der Waals surface area (Å²) in [6.45, 7) is 4.02. The third-order valence-corrected chi connectivity index (χ3v) is 5.91. The predicted molar refractivity (Wildman–Crippen MR) is 101 cm³/mol. The monoisotopic (exact) mass is 367 g/mol. The minimum Gasteiger partial charge on any atom is -0.317 e. The zero-order chi connectivity index (χ0) is 17.7. The van der Waals surface area contributed by atoms with Crippen LogP contribution >= 0.6 is 11.3 Å². The fourth-order valence-corrected chi connectivity index (χ4v) is 4.45. The number of nitrogens with zero attached hydrogens (tertiary/aromatic N) is 4. The van der Waals surface area contributed by atoms with Gasteiger partial charge in [0.25, 0.3) is 0 Å². The van der Waals surface area contributed by atoms with Crippen LogP contribution in [-0.2, 0) is 0 Å². The molecule has 0 spiro atoms. The molecule has 0 bridgehead atoms. The SMILES string of the molecule is Cc1cc2nc(-c3cc(F)c4nc(C5CCNCC5)cn4c3)ncc2s1. The smallest absolute Gasteiger partial charge is 0.173 e. The minimum atomic E-state index is -0.340. The molecule has 5 rings (SSSR count). The highest BCUT2D eigenvalue weighted by molar-refractivity contribution is 7.18. The van der Waals surface area contributed by atoms with Gasteiger partial charge in [0, 0.05) is 34.9 Å². The lowest BCUT2D eigenvalue weighted by molar-refractivity contribution is 0.454. The maximum Gasteiger partial charge on any atom is 0.173 e. The number of fused-ring (bicyclic) bond motifs is 2. The summed E-state index contributed by atoms with van der Waals surface area (Å²) in [7, 11) is 0. The molecule has 0 amide bonds. The number of imidazole rings is 1. The zero-order valence-electron chi connectivity index (χ0n) is 14.4. The van der Waals surface area contributed by atoms with Crippen molar-refractivity contribution in [1.82, 2.24) is 24.7 Å². The number of aryl methyl sites for hydroxylation is 1. The first-order valence-electron chi connectivity index (χ1n) is 8.80. The van der Waals surface area contributed by atoms with E-state index in [0.29, 0.717) is 23.0 Å². The Morgan fingerprint density at radius 2 is 2.04 bits per heavy atom. The highest BCUT2D eigenvalue weighted by Crippen LogP contribution is 2.28. The van der Waals surface area contributed by atoms with Gasteiger partial charge in [0.05, 0.1) is 15.9 Å². The number of aromatic nitrogens is 4. The van der Waals surface area contributed by atoms with Gasteiger partial charge in [-0.05, 0) is 45.0 Å². The van der Waals surface area contributed by atoms with Gasteiger partial charge >= 0.3 is 0 Å². The number of nitrogens with one attached hydrogen (secondary N) is 1. The highest BCUT2D eigenvalue weighted by Gasteiger charge is 2.20. The van der Waals surface area contributed by atoms with E-state index in [4.69, 9.17) is 0 Å². The van der Waals surface area contributed by atoms with Crippen LogP contribution in [0.5, 0.6) is 0 Å². The minimum absolute atomic E-state index is 0.340. The molecule has 1 saturated heterocycles. The number of piperidine rings is 1. The Hall–Kier alpha value is -2.38. The van der Waals surface area contributed by atoms with Gasteiger partial charge in [-0.25, -0.2) is 19.3 Å². The van der Waals surface area contributed by atoms with Gasteiger partial charge in [-0.1, -0.05) is 0 Å². The third-order valence-electron chi connectivity index (χ3n) is 4.93. The summed E-state index contributed by atoms with van der Waals surface area (Å²) < 4.78 is 17.5. The molecule has 4 aromatic heterocycles. The molecule has 1 aliphatic heterocycles. The van der Waals surface area contributed by atoms with Crippen LogP contribution in [0.15, 0.2) is 30.7 Å². The van der Waals surface area contributed by atoms with Gasteiger partial charge in [0.1, 0.15) is 0 Å². The van der Waals surface area contributed by atoms with Gasteiger partial charge in [-0.2, -0.15) is 0 Å². The van der Waals surface area contributed by atoms with Crippen LogP contribution in [0, 0.1) is 12.7 Å². The van der Waals surface area contributed by atoms with Crippen LogP contribution in [0.4, 0.5) is 4.39 Å². The number of pyridine rings is 1. The molecular weight excluding hydrogens is 349 g/mol. The Morgan fingerprint density at radius 1 is 1.19 bits per heavy atom. The average Bonchev–Trinajstić information content (AvgIpc) is 3.24. The Labute approximate surface area is 153 Å². The van der Waals surface area contributed by atoms with Crippen molar-refractivity contribution in [1.29, 1.82) is 0 Å². The fraction of sp³-hybridized carbons (Fsp3) is 0.316. The molecule has 1 fully saturated rings. The van der Waals surface area contributed by atoms with Crippen molar-refractivity contribution in [2.75, 3.05) is 13.1 Å². The van der Waals surface area contributed by atoms with E-state index in [1.807, 2.05) is 31.6 Å². The first kappa shape index (κ1) is 15.8. The van der Waals surface area contributed by atoms with Crippen LogP contribution in [0.3, 0.4) is 0 Å². The Bertz CT molecular complexity index is 1110. The van der Waals surface area contributed by atoms with E-state index in [1.165, 1.54) is 10.9 Å². The molecule has 132 valence electrons. The molecule has 5 nitrogen and oxygen atoms in total. The average molecular weight is 367 g/mol. The Balaban J connectivity index is 1.58. The summed E-state index contributed by atoms with van der Waals surface area (Å²) in [4.78, 5) is 14.8. The maximum atomic E-state index is 14.7. The third kappa shape index (κ3) is 2.68. The van der Waals surface area contributed by atoms with E-state index in [9.17, 15) is 4.39 Å². The van der Waals surface area contributed by atoms with Crippen LogP contribution in [0.25, 0.3) is 27.3 Å². The number of rotatable bonds is 2. The Kier molecular flexibility index (Phi) is 3.72. The van der Waals surface area contributed by atoms with Gasteiger partial charge in [0.2, 0.25) is 0 Å². The molecule has 1 aliphatic rings. The molecule has 0 saturated carbocycles. The molecule has 26 heavy (non-hydrogen) atoms. The lowest BCUT2D eigenvalue weighted by Gasteiger charge is -2.20. The van der Waals surface area contributed by atoms with E-state index in [-0.39, 0.29) is 5.82 Å². The molecule has 5 heterocycles. The van der Waals surface area contributed by atoms with Gasteiger partial charge in [0.15, 0.2) is 17.3 Å². The molecule has 0 aliphatic carbocycles. The second-order valence-corrected chi connectivity index (χ2v) is 8.09. The molecule has 4 aromatic rings. The van der Waals surface area contributed by atoms with Crippen LogP contribution in [-0.4, -0.2) is 32.4 Å². The summed E-state index contributed by atoms with van der Waals surface area (Å²) in [5.41, 5.74) is 2.90. The fourth-order valence-electron chi connectivity index (χ4n) is 3.61. The van der Waals surface area contributed by atoms with Gasteiger partial charge in [-0.15, -0.1) is 11.3 Å². The summed E-state index contributed by atoms with van der Waals surface area (Å²) in [5.74, 6) is 0.585. The zero-order valence-corrected chi connectivity index (χ0v) is 15.2. The van der Waals surface area contributed by atoms with Gasteiger partial charge in [-0.3, -0.25) is 0 Å². The first-order chi connectivity index (χ1) is 12.7. The molecular formula is C19H18FN5S. The lowest BCUT2D eigenvalue weighted by atomic mass is 9.95. The van der Waals surface area contributed by atoms with Crippen molar-refractivity contribution in [3.8, 4) is 11.4 Å². The molecule has 1 N–H and O–H groups in total. The normalized spacial score (nSPS) is 15.9. The Morgan fingerprint density at radius 3 is 2.88 bits per heavy atom. The summed E-state index contributed by atoms with van der Waals surface area (Å²) in [5, 5.41) is 3.35. The van der Waals surface area contributed by atoms with Crippen molar-refractivity contribution < 1.29 is 4.39 Å². The van der Waals surface area contributed by atoms with Crippen molar-refractivity contribution >= 4 is 27.2 Å². The first-order valence-corrected chi connectivity index (χ1v) is 9.61. The molecule has 0 atom stereocenters. The molecule has 0 aromatic carbocycles. The summed E-state index contributed by atoms with van der Waals surface area (Å²) in [6.07, 6.45) is 7.71. The molecule has 0 unspecified atom stereocenters. The van der Waals surface area contributed by atoms with Crippen LogP contribution in [0.1, 0.15) is 29.3 Å². The molecule has 7 heteroatoms. The molecule has 0 radical (unpaired) electrons. The maximum absolute atomic E-state index is 14.7. The van der Waals surface area contributed by atoms with Crippen molar-refractivity contribution in [3.63, 3.8) is 0 Å². The van der Waals surface area contributed by atoms with E-state index in [2.05, 4.69) is 20.3 Å². The quantitative estimate of drug-likeness (QED) is 0.583. The van der Waals surface area contributed by atoms with E-state index < -0.39 is 0 Å². The van der Waals surface area contributed by atoms with E-state index in [0.717, 1.165) is 41.8 Å². The van der Waals surface area contributed by atoms with Gasteiger partial charge < -0.3 is 9.72 Å².